The fourth-order valence-electron chi connectivity index (χ4n) is 1.07. The van der Waals surface area contributed by atoms with Crippen molar-refractivity contribution in [2.75, 3.05) is 0 Å². The summed E-state index contributed by atoms with van der Waals surface area (Å²) in [6, 6.07) is 9.53. The van der Waals surface area contributed by atoms with Crippen molar-refractivity contribution in [2.24, 2.45) is 0 Å². The van der Waals surface area contributed by atoms with Crippen LogP contribution in [0.4, 0.5) is 0 Å². The second-order valence-electron chi connectivity index (χ2n) is 3.19. The Kier molecular flexibility index (Phi) is 5.01. The summed E-state index contributed by atoms with van der Waals surface area (Å²) in [4.78, 5) is 21.2. The molecule has 0 aromatic heterocycles. The average Bonchev–Trinajstić information content (AvgIpc) is 2.34. The summed E-state index contributed by atoms with van der Waals surface area (Å²) in [7, 11) is 0. The Hall–Kier alpha value is -1.88. The molecule has 1 aromatic carbocycles. The molecule has 0 saturated carbocycles. The van der Waals surface area contributed by atoms with Crippen molar-refractivity contribution >= 4 is 12.3 Å². The molecule has 1 aromatic rings. The van der Waals surface area contributed by atoms with Gasteiger partial charge in [-0.1, -0.05) is 30.3 Å². The highest BCUT2D eigenvalue weighted by atomic mass is 16.5. The van der Waals surface area contributed by atoms with Gasteiger partial charge < -0.3 is 4.74 Å². The van der Waals surface area contributed by atoms with Crippen LogP contribution in [0.15, 0.2) is 30.3 Å². The zero-order valence-electron chi connectivity index (χ0n) is 8.97. The minimum atomic E-state index is -0.618. The number of nitrogens with one attached hydrogen (secondary N) is 2. The first-order chi connectivity index (χ1) is 7.74. The Labute approximate surface area is 93.8 Å². The monoisotopic (exact) mass is 222 g/mol. The van der Waals surface area contributed by atoms with E-state index in [0.717, 1.165) is 5.56 Å². The van der Waals surface area contributed by atoms with Crippen LogP contribution in [-0.2, 0) is 20.9 Å². The van der Waals surface area contributed by atoms with Crippen LogP contribution in [0.5, 0.6) is 0 Å². The third-order valence-electron chi connectivity index (χ3n) is 1.97. The minimum absolute atomic E-state index is 0.358. The standard InChI is InChI=1S/C11H14N2O3/c1-9(11(15)13-12-8-14)16-7-10-5-3-2-4-6-10/h2-6,8-9H,7H2,1H3,(H,12,14)(H,13,15)/t9-/m0/s1. The summed E-state index contributed by atoms with van der Waals surface area (Å²) >= 11 is 0. The lowest BCUT2D eigenvalue weighted by Crippen LogP contribution is -2.42. The van der Waals surface area contributed by atoms with Gasteiger partial charge >= 0.3 is 0 Å². The quantitative estimate of drug-likeness (QED) is 0.539. The first-order valence-electron chi connectivity index (χ1n) is 4.88. The van der Waals surface area contributed by atoms with Gasteiger partial charge in [0.15, 0.2) is 0 Å². The summed E-state index contributed by atoms with van der Waals surface area (Å²) < 4.78 is 5.32. The van der Waals surface area contributed by atoms with Crippen molar-refractivity contribution < 1.29 is 14.3 Å². The predicted octanol–water partition coefficient (Wildman–Crippen LogP) is 0.369. The molecule has 0 bridgehead atoms. The molecule has 0 aliphatic heterocycles. The lowest BCUT2D eigenvalue weighted by atomic mass is 10.2. The Bertz CT molecular complexity index is 340. The molecule has 0 radical (unpaired) electrons. The van der Waals surface area contributed by atoms with Crippen molar-refractivity contribution in [2.45, 2.75) is 19.6 Å². The van der Waals surface area contributed by atoms with Crippen LogP contribution in [-0.4, -0.2) is 18.4 Å². The van der Waals surface area contributed by atoms with Crippen molar-refractivity contribution in [3.8, 4) is 0 Å². The third-order valence-corrected chi connectivity index (χ3v) is 1.97. The maximum Gasteiger partial charge on any atom is 0.267 e. The van der Waals surface area contributed by atoms with E-state index < -0.39 is 6.10 Å². The van der Waals surface area contributed by atoms with Crippen LogP contribution in [0.3, 0.4) is 0 Å². The molecule has 0 aliphatic rings. The van der Waals surface area contributed by atoms with E-state index in [2.05, 4.69) is 10.9 Å². The van der Waals surface area contributed by atoms with Crippen molar-refractivity contribution in [1.29, 1.82) is 0 Å². The topological polar surface area (TPSA) is 67.4 Å². The molecular formula is C11H14N2O3. The summed E-state index contributed by atoms with van der Waals surface area (Å²) in [5, 5.41) is 0. The zero-order valence-corrected chi connectivity index (χ0v) is 8.97. The van der Waals surface area contributed by atoms with Gasteiger partial charge in [-0.15, -0.1) is 0 Å². The molecule has 2 amide bonds. The van der Waals surface area contributed by atoms with Crippen molar-refractivity contribution in [3.63, 3.8) is 0 Å². The summed E-state index contributed by atoms with van der Waals surface area (Å²) in [5.41, 5.74) is 5.24. The smallest absolute Gasteiger partial charge is 0.267 e. The molecule has 0 saturated heterocycles. The van der Waals surface area contributed by atoms with Gasteiger partial charge in [0.2, 0.25) is 6.41 Å². The molecule has 5 nitrogen and oxygen atoms in total. The molecule has 0 heterocycles. The van der Waals surface area contributed by atoms with Gasteiger partial charge in [-0.25, -0.2) is 0 Å². The van der Waals surface area contributed by atoms with Gasteiger partial charge in [0.25, 0.3) is 5.91 Å². The van der Waals surface area contributed by atoms with Gasteiger partial charge in [0, 0.05) is 0 Å². The molecule has 5 heteroatoms. The summed E-state index contributed by atoms with van der Waals surface area (Å²) in [6.07, 6.45) is -0.227. The molecule has 16 heavy (non-hydrogen) atoms. The fourth-order valence-corrected chi connectivity index (χ4v) is 1.07. The van der Waals surface area contributed by atoms with E-state index in [4.69, 9.17) is 4.74 Å². The van der Waals surface area contributed by atoms with Crippen LogP contribution >= 0.6 is 0 Å². The molecule has 1 atom stereocenters. The van der Waals surface area contributed by atoms with E-state index in [1.165, 1.54) is 0 Å². The number of amides is 2. The Morgan fingerprint density at radius 1 is 1.44 bits per heavy atom. The van der Waals surface area contributed by atoms with E-state index in [0.29, 0.717) is 13.0 Å². The highest BCUT2D eigenvalue weighted by Crippen LogP contribution is 2.02. The number of hydrogen-bond donors (Lipinski definition) is 2. The summed E-state index contributed by atoms with van der Waals surface area (Å²) in [6.45, 7) is 1.97. The largest absolute Gasteiger partial charge is 0.364 e. The van der Waals surface area contributed by atoms with Crippen LogP contribution in [0.2, 0.25) is 0 Å². The molecule has 0 spiro atoms. The number of benzene rings is 1. The van der Waals surface area contributed by atoms with Gasteiger partial charge in [0.05, 0.1) is 6.61 Å². The van der Waals surface area contributed by atoms with Crippen molar-refractivity contribution in [1.82, 2.24) is 10.9 Å². The summed E-state index contributed by atoms with van der Waals surface area (Å²) in [5.74, 6) is -0.386. The average molecular weight is 222 g/mol. The van der Waals surface area contributed by atoms with Crippen LogP contribution < -0.4 is 10.9 Å². The molecule has 0 aliphatic carbocycles. The molecule has 86 valence electrons. The molecule has 0 fully saturated rings. The number of ether oxygens (including phenoxy) is 1. The lowest BCUT2D eigenvalue weighted by molar-refractivity contribution is -0.134. The molecule has 2 N–H and O–H groups in total. The normalized spacial score (nSPS) is 11.6. The third kappa shape index (κ3) is 4.10. The highest BCUT2D eigenvalue weighted by Gasteiger charge is 2.12. The number of carbonyl (C=O) groups is 2. The number of hydrogen-bond acceptors (Lipinski definition) is 3. The van der Waals surface area contributed by atoms with E-state index in [9.17, 15) is 9.59 Å². The fraction of sp³-hybridized carbons (Fsp3) is 0.273. The Morgan fingerprint density at radius 2 is 2.12 bits per heavy atom. The first kappa shape index (κ1) is 12.2. The van der Waals surface area contributed by atoms with Crippen LogP contribution in [0.25, 0.3) is 0 Å². The van der Waals surface area contributed by atoms with Crippen LogP contribution in [0, 0.1) is 0 Å². The second kappa shape index (κ2) is 6.58. The molecular weight excluding hydrogens is 208 g/mol. The van der Waals surface area contributed by atoms with Gasteiger partial charge in [-0.3, -0.25) is 20.4 Å². The molecule has 1 rings (SSSR count). The number of rotatable bonds is 6. The van der Waals surface area contributed by atoms with Crippen molar-refractivity contribution in [3.05, 3.63) is 35.9 Å². The van der Waals surface area contributed by atoms with Gasteiger partial charge in [-0.05, 0) is 12.5 Å². The predicted molar refractivity (Wildman–Crippen MR) is 58.0 cm³/mol. The maximum atomic E-state index is 11.3. The molecule has 0 unspecified atom stereocenters. The van der Waals surface area contributed by atoms with Gasteiger partial charge in [-0.2, -0.15) is 0 Å². The minimum Gasteiger partial charge on any atom is -0.364 e. The number of hydrazine groups is 1. The number of carbonyl (C=O) groups excluding carboxylic acids is 2. The Balaban J connectivity index is 2.32. The van der Waals surface area contributed by atoms with Gasteiger partial charge in [0.1, 0.15) is 6.10 Å². The highest BCUT2D eigenvalue weighted by molar-refractivity contribution is 5.80. The maximum absolute atomic E-state index is 11.3. The van der Waals surface area contributed by atoms with E-state index in [1.807, 2.05) is 30.3 Å². The van der Waals surface area contributed by atoms with E-state index >= 15 is 0 Å². The zero-order chi connectivity index (χ0) is 11.8. The lowest BCUT2D eigenvalue weighted by Gasteiger charge is -2.12. The Morgan fingerprint density at radius 3 is 2.75 bits per heavy atom. The first-order valence-corrected chi connectivity index (χ1v) is 4.88. The second-order valence-corrected chi connectivity index (χ2v) is 3.19. The van der Waals surface area contributed by atoms with Crippen LogP contribution in [0.1, 0.15) is 12.5 Å². The van der Waals surface area contributed by atoms with E-state index in [1.54, 1.807) is 6.92 Å². The SMILES string of the molecule is C[C@H](OCc1ccccc1)C(=O)NNC=O. The van der Waals surface area contributed by atoms with E-state index in [-0.39, 0.29) is 5.91 Å².